The molecule has 40 valence electrons. The average Bonchev–Trinajstić information content (AvgIpc) is 1.91. The maximum absolute atomic E-state index is 5.53. The fraction of sp³-hybridized carbons (Fsp3) is 0.800. The number of nitrogens with two attached hydrogens (primary N) is 1. The van der Waals surface area contributed by atoms with Gasteiger partial charge in [0, 0.05) is 18.8 Å². The number of rotatable bonds is 0. The van der Waals surface area contributed by atoms with Crippen molar-refractivity contribution >= 4 is 6.21 Å². The van der Waals surface area contributed by atoms with E-state index >= 15 is 0 Å². The molecule has 1 heterocycles. The van der Waals surface area contributed by atoms with Crippen LogP contribution in [-0.4, -0.2) is 18.8 Å². The molecule has 1 rings (SSSR count). The molecule has 2 heteroatoms. The van der Waals surface area contributed by atoms with Gasteiger partial charge in [0.1, 0.15) is 0 Å². The van der Waals surface area contributed by atoms with E-state index in [1.165, 1.54) is 0 Å². The van der Waals surface area contributed by atoms with Gasteiger partial charge in [0.05, 0.1) is 0 Å². The van der Waals surface area contributed by atoms with Crippen LogP contribution in [0.3, 0.4) is 0 Å². The largest absolute Gasteiger partial charge is 0.323 e. The minimum absolute atomic E-state index is 0.222. The number of nitrogens with zero attached hydrogens (tertiary/aromatic N) is 1. The van der Waals surface area contributed by atoms with Crippen LogP contribution in [0.25, 0.3) is 0 Å². The summed E-state index contributed by atoms with van der Waals surface area (Å²) in [6, 6.07) is 0.222. The van der Waals surface area contributed by atoms with Crippen LogP contribution >= 0.6 is 0 Å². The fourth-order valence-electron chi connectivity index (χ4n) is 0.617. The van der Waals surface area contributed by atoms with E-state index in [1.54, 1.807) is 0 Å². The highest BCUT2D eigenvalue weighted by atomic mass is 14.8. The van der Waals surface area contributed by atoms with Crippen LogP contribution < -0.4 is 5.73 Å². The second-order valence-electron chi connectivity index (χ2n) is 2.07. The van der Waals surface area contributed by atoms with Crippen LogP contribution in [0.4, 0.5) is 0 Å². The van der Waals surface area contributed by atoms with E-state index < -0.39 is 0 Å². The van der Waals surface area contributed by atoms with Gasteiger partial charge in [-0.2, -0.15) is 0 Å². The molecule has 0 spiro atoms. The normalized spacial score (nSPS) is 39.7. The molecule has 0 aromatic heterocycles. The van der Waals surface area contributed by atoms with Crippen molar-refractivity contribution in [3.05, 3.63) is 0 Å². The lowest BCUT2D eigenvalue weighted by molar-refractivity contribution is 0.593. The number of aliphatic imine (C=N–C) groups is 1. The summed E-state index contributed by atoms with van der Waals surface area (Å²) in [6.07, 6.45) is 1.82. The molecule has 0 aromatic rings. The summed E-state index contributed by atoms with van der Waals surface area (Å²) < 4.78 is 0. The van der Waals surface area contributed by atoms with Crippen molar-refractivity contribution in [1.29, 1.82) is 0 Å². The molecule has 0 bridgehead atoms. The Labute approximate surface area is 43.4 Å². The van der Waals surface area contributed by atoms with Crippen molar-refractivity contribution in [2.24, 2.45) is 16.6 Å². The SMILES string of the molecule is CC1CN=CC1N. The van der Waals surface area contributed by atoms with E-state index in [0.29, 0.717) is 5.92 Å². The third-order valence-electron chi connectivity index (χ3n) is 1.33. The highest BCUT2D eigenvalue weighted by Crippen LogP contribution is 2.04. The van der Waals surface area contributed by atoms with Crippen LogP contribution in [0.5, 0.6) is 0 Å². The zero-order chi connectivity index (χ0) is 5.28. The molecule has 0 amide bonds. The van der Waals surface area contributed by atoms with Crippen molar-refractivity contribution in [1.82, 2.24) is 0 Å². The van der Waals surface area contributed by atoms with E-state index in [1.807, 2.05) is 6.21 Å². The van der Waals surface area contributed by atoms with Gasteiger partial charge in [0.2, 0.25) is 0 Å². The number of hydrogen-bond donors (Lipinski definition) is 1. The molecular weight excluding hydrogens is 88.1 g/mol. The van der Waals surface area contributed by atoms with E-state index in [2.05, 4.69) is 11.9 Å². The van der Waals surface area contributed by atoms with Crippen molar-refractivity contribution in [2.45, 2.75) is 13.0 Å². The summed E-state index contributed by atoms with van der Waals surface area (Å²) in [6.45, 7) is 3.03. The Morgan fingerprint density at radius 1 is 1.86 bits per heavy atom. The van der Waals surface area contributed by atoms with Gasteiger partial charge >= 0.3 is 0 Å². The molecule has 0 aromatic carbocycles. The van der Waals surface area contributed by atoms with Crippen LogP contribution in [0.1, 0.15) is 6.92 Å². The first-order valence-electron chi connectivity index (χ1n) is 2.56. The first-order valence-corrected chi connectivity index (χ1v) is 2.56. The molecule has 2 N–H and O–H groups in total. The summed E-state index contributed by atoms with van der Waals surface area (Å²) >= 11 is 0. The Kier molecular flexibility index (Phi) is 1.11. The lowest BCUT2D eigenvalue weighted by Gasteiger charge is -2.02. The average molecular weight is 98.1 g/mol. The summed E-state index contributed by atoms with van der Waals surface area (Å²) in [4.78, 5) is 4.00. The van der Waals surface area contributed by atoms with Gasteiger partial charge in [-0.25, -0.2) is 0 Å². The molecule has 0 saturated carbocycles. The molecule has 2 unspecified atom stereocenters. The van der Waals surface area contributed by atoms with Gasteiger partial charge in [-0.05, 0) is 5.92 Å². The third kappa shape index (κ3) is 0.800. The van der Waals surface area contributed by atoms with Crippen molar-refractivity contribution in [3.63, 3.8) is 0 Å². The van der Waals surface area contributed by atoms with Crippen LogP contribution in [0.15, 0.2) is 4.99 Å². The third-order valence-corrected chi connectivity index (χ3v) is 1.33. The van der Waals surface area contributed by atoms with Crippen molar-refractivity contribution in [2.75, 3.05) is 6.54 Å². The monoisotopic (exact) mass is 98.1 g/mol. The zero-order valence-electron chi connectivity index (χ0n) is 4.46. The lowest BCUT2D eigenvalue weighted by atomic mass is 10.1. The van der Waals surface area contributed by atoms with E-state index in [4.69, 9.17) is 5.73 Å². The number of hydrogen-bond acceptors (Lipinski definition) is 2. The summed E-state index contributed by atoms with van der Waals surface area (Å²) in [7, 11) is 0. The Morgan fingerprint density at radius 2 is 2.57 bits per heavy atom. The maximum Gasteiger partial charge on any atom is 0.0438 e. The first-order chi connectivity index (χ1) is 3.30. The minimum Gasteiger partial charge on any atom is -0.323 e. The van der Waals surface area contributed by atoms with Gasteiger partial charge in [0.15, 0.2) is 0 Å². The lowest BCUT2D eigenvalue weighted by Crippen LogP contribution is -2.26. The summed E-state index contributed by atoms with van der Waals surface area (Å²) in [5, 5.41) is 0. The molecular formula is C5H10N2. The van der Waals surface area contributed by atoms with Gasteiger partial charge in [-0.3, -0.25) is 4.99 Å². The molecule has 1 aliphatic heterocycles. The van der Waals surface area contributed by atoms with Gasteiger partial charge in [-0.1, -0.05) is 6.92 Å². The van der Waals surface area contributed by atoms with Gasteiger partial charge in [-0.15, -0.1) is 0 Å². The molecule has 1 aliphatic rings. The van der Waals surface area contributed by atoms with Crippen molar-refractivity contribution in [3.8, 4) is 0 Å². The quantitative estimate of drug-likeness (QED) is 0.456. The summed E-state index contributed by atoms with van der Waals surface area (Å²) in [5.74, 6) is 0.569. The van der Waals surface area contributed by atoms with Crippen LogP contribution in [0.2, 0.25) is 0 Å². The topological polar surface area (TPSA) is 38.4 Å². The second kappa shape index (κ2) is 1.62. The molecule has 2 nitrogen and oxygen atoms in total. The highest BCUT2D eigenvalue weighted by Gasteiger charge is 2.13. The fourth-order valence-corrected chi connectivity index (χ4v) is 0.617. The van der Waals surface area contributed by atoms with Gasteiger partial charge < -0.3 is 5.73 Å². The molecule has 2 atom stereocenters. The zero-order valence-corrected chi connectivity index (χ0v) is 4.46. The molecule has 0 fully saturated rings. The van der Waals surface area contributed by atoms with E-state index in [9.17, 15) is 0 Å². The predicted molar refractivity (Wildman–Crippen MR) is 30.5 cm³/mol. The van der Waals surface area contributed by atoms with Crippen LogP contribution in [-0.2, 0) is 0 Å². The predicted octanol–water partition coefficient (Wildman–Crippen LogP) is 0.0342. The second-order valence-corrected chi connectivity index (χ2v) is 2.07. The minimum atomic E-state index is 0.222. The Balaban J connectivity index is 2.45. The first kappa shape index (κ1) is 4.78. The van der Waals surface area contributed by atoms with Gasteiger partial charge in [0.25, 0.3) is 0 Å². The van der Waals surface area contributed by atoms with E-state index in [0.717, 1.165) is 6.54 Å². The van der Waals surface area contributed by atoms with Crippen molar-refractivity contribution < 1.29 is 0 Å². The van der Waals surface area contributed by atoms with Crippen LogP contribution in [0, 0.1) is 5.92 Å². The smallest absolute Gasteiger partial charge is 0.0438 e. The Hall–Kier alpha value is -0.370. The molecule has 0 saturated heterocycles. The Bertz CT molecular complexity index is 88.1. The standard InChI is InChI=1S/C5H10N2/c1-4-2-7-3-5(4)6/h3-5H,2,6H2,1H3. The molecule has 7 heavy (non-hydrogen) atoms. The molecule has 0 radical (unpaired) electrons. The highest BCUT2D eigenvalue weighted by molar-refractivity contribution is 5.66. The van der Waals surface area contributed by atoms with E-state index in [-0.39, 0.29) is 6.04 Å². The summed E-state index contributed by atoms with van der Waals surface area (Å²) in [5.41, 5.74) is 5.53. The Morgan fingerprint density at radius 3 is 2.71 bits per heavy atom. The molecule has 0 aliphatic carbocycles. The maximum atomic E-state index is 5.53.